The lowest BCUT2D eigenvalue weighted by Gasteiger charge is -2.47. The summed E-state index contributed by atoms with van der Waals surface area (Å²) in [7, 11) is 0. The van der Waals surface area contributed by atoms with Crippen LogP contribution in [0.4, 0.5) is 0 Å². The highest BCUT2D eigenvalue weighted by molar-refractivity contribution is 5.92. The fraction of sp³-hybridized carbons (Fsp3) is 0.842. The van der Waals surface area contributed by atoms with Gasteiger partial charge in [-0.2, -0.15) is 0 Å². The number of amides is 1. The van der Waals surface area contributed by atoms with Crippen LogP contribution in [0.15, 0.2) is 6.20 Å². The summed E-state index contributed by atoms with van der Waals surface area (Å²) < 4.78 is 7.41. The zero-order valence-corrected chi connectivity index (χ0v) is 18.8. The Morgan fingerprint density at radius 1 is 1.24 bits per heavy atom. The van der Waals surface area contributed by atoms with E-state index in [4.69, 9.17) is 4.74 Å². The van der Waals surface area contributed by atoms with Gasteiger partial charge in [0.25, 0.3) is 5.91 Å². The molecule has 2 aliphatic heterocycles. The number of hydrogen-bond acceptors (Lipinski definition) is 6. The number of piperidine rings is 1. The topological polar surface area (TPSA) is 84.3 Å². The fourth-order valence-electron chi connectivity index (χ4n) is 5.05. The lowest BCUT2D eigenvalue weighted by Crippen LogP contribution is -2.62. The average Bonchev–Trinajstić information content (AvgIpc) is 3.40. The third kappa shape index (κ3) is 5.22. The third-order valence-electron chi connectivity index (χ3n) is 6.69. The number of ether oxygens (including phenoxy) is 1. The van der Waals surface area contributed by atoms with Crippen LogP contribution in [0.2, 0.25) is 0 Å². The Morgan fingerprint density at radius 2 is 1.90 bits per heavy atom. The Hall–Kier alpha value is -0.930. The minimum Gasteiger partial charge on any atom is -0.379 e. The summed E-state index contributed by atoms with van der Waals surface area (Å²) in [6, 6.07) is 0.418. The lowest BCUT2D eigenvalue weighted by atomic mass is 9.86. The molecule has 3 fully saturated rings. The van der Waals surface area contributed by atoms with E-state index < -0.39 is 0 Å². The van der Waals surface area contributed by atoms with Crippen molar-refractivity contribution in [1.82, 2.24) is 30.5 Å². The fourth-order valence-corrected chi connectivity index (χ4v) is 5.05. The quantitative estimate of drug-likeness (QED) is 0.714. The van der Waals surface area contributed by atoms with E-state index in [2.05, 4.69) is 32.8 Å². The Morgan fingerprint density at radius 3 is 2.55 bits per heavy atom. The van der Waals surface area contributed by atoms with E-state index in [-0.39, 0.29) is 42.3 Å². The maximum atomic E-state index is 12.9. The first-order chi connectivity index (χ1) is 13.2. The van der Waals surface area contributed by atoms with Gasteiger partial charge in [0.05, 0.1) is 25.5 Å². The zero-order chi connectivity index (χ0) is 18.7. The van der Waals surface area contributed by atoms with Crippen LogP contribution in [0.5, 0.6) is 0 Å². The molecule has 1 aromatic rings. The van der Waals surface area contributed by atoms with E-state index in [0.29, 0.717) is 11.7 Å². The van der Waals surface area contributed by atoms with Gasteiger partial charge in [-0.05, 0) is 45.7 Å². The van der Waals surface area contributed by atoms with Gasteiger partial charge in [0, 0.05) is 24.7 Å². The summed E-state index contributed by atoms with van der Waals surface area (Å²) in [4.78, 5) is 15.4. The van der Waals surface area contributed by atoms with Crippen LogP contribution >= 0.6 is 24.8 Å². The van der Waals surface area contributed by atoms with Crippen molar-refractivity contribution in [3.8, 4) is 0 Å². The number of nitrogens with zero attached hydrogens (tertiary/aromatic N) is 4. The second kappa shape index (κ2) is 10.9. The number of morpholine rings is 1. The van der Waals surface area contributed by atoms with Crippen molar-refractivity contribution in [2.24, 2.45) is 0 Å². The van der Waals surface area contributed by atoms with Crippen LogP contribution in [0.3, 0.4) is 0 Å². The molecule has 0 bridgehead atoms. The first-order valence-corrected chi connectivity index (χ1v) is 10.5. The molecule has 2 N–H and O–H groups in total. The van der Waals surface area contributed by atoms with Crippen molar-refractivity contribution in [3.05, 3.63) is 11.9 Å². The number of hydrogen-bond donors (Lipinski definition) is 2. The highest BCUT2D eigenvalue weighted by Gasteiger charge is 2.45. The Bertz CT molecular complexity index is 640. The minimum absolute atomic E-state index is 0. The van der Waals surface area contributed by atoms with E-state index in [0.717, 1.165) is 65.1 Å². The molecule has 1 aromatic heterocycles. The standard InChI is InChI=1S/C19H32N6O2.2ClH/c1-15(19(6-2-3-7-19)24-10-12-27-13-11-24)21-18(26)17-14-25(23-22-17)16-4-8-20-9-5-16;;/h14-16,20H,2-13H2,1H3,(H,21,26);2*1H. The molecule has 1 unspecified atom stereocenters. The van der Waals surface area contributed by atoms with E-state index in [9.17, 15) is 4.79 Å². The van der Waals surface area contributed by atoms with Crippen molar-refractivity contribution >= 4 is 30.7 Å². The van der Waals surface area contributed by atoms with Crippen LogP contribution in [0.25, 0.3) is 0 Å². The van der Waals surface area contributed by atoms with Gasteiger partial charge >= 0.3 is 0 Å². The summed E-state index contributed by atoms with van der Waals surface area (Å²) in [5.74, 6) is -0.109. The molecule has 29 heavy (non-hydrogen) atoms. The first kappa shape index (κ1) is 24.3. The van der Waals surface area contributed by atoms with Gasteiger partial charge in [-0.25, -0.2) is 4.68 Å². The molecule has 0 radical (unpaired) electrons. The molecule has 0 spiro atoms. The van der Waals surface area contributed by atoms with Gasteiger partial charge < -0.3 is 15.4 Å². The van der Waals surface area contributed by atoms with Crippen LogP contribution in [-0.2, 0) is 4.74 Å². The van der Waals surface area contributed by atoms with Gasteiger partial charge in [0.15, 0.2) is 5.69 Å². The molecule has 3 aliphatic rings. The van der Waals surface area contributed by atoms with E-state index in [1.807, 2.05) is 10.9 Å². The number of carbonyl (C=O) groups excluding carboxylic acids is 1. The van der Waals surface area contributed by atoms with Crippen LogP contribution in [0, 0.1) is 0 Å². The Labute approximate surface area is 185 Å². The number of carbonyl (C=O) groups is 1. The predicted molar refractivity (Wildman–Crippen MR) is 116 cm³/mol. The van der Waals surface area contributed by atoms with Crippen molar-refractivity contribution in [1.29, 1.82) is 0 Å². The van der Waals surface area contributed by atoms with Gasteiger partial charge in [0.2, 0.25) is 0 Å². The number of nitrogens with one attached hydrogen (secondary N) is 2. The third-order valence-corrected chi connectivity index (χ3v) is 6.69. The maximum absolute atomic E-state index is 12.9. The molecule has 1 aliphatic carbocycles. The summed E-state index contributed by atoms with van der Waals surface area (Å²) in [5, 5.41) is 15.0. The molecular weight excluding hydrogens is 415 g/mol. The summed E-state index contributed by atoms with van der Waals surface area (Å²) >= 11 is 0. The van der Waals surface area contributed by atoms with Crippen molar-refractivity contribution in [2.45, 2.75) is 63.1 Å². The van der Waals surface area contributed by atoms with Gasteiger partial charge in [-0.1, -0.05) is 18.1 Å². The zero-order valence-electron chi connectivity index (χ0n) is 17.1. The smallest absolute Gasteiger partial charge is 0.273 e. The summed E-state index contributed by atoms with van der Waals surface area (Å²) in [6.45, 7) is 7.60. The molecule has 3 heterocycles. The molecule has 2 saturated heterocycles. The molecule has 1 saturated carbocycles. The molecule has 1 atom stereocenters. The van der Waals surface area contributed by atoms with Gasteiger partial charge in [-0.3, -0.25) is 9.69 Å². The molecule has 10 heteroatoms. The summed E-state index contributed by atoms with van der Waals surface area (Å²) in [5.41, 5.74) is 0.473. The molecule has 8 nitrogen and oxygen atoms in total. The number of halogens is 2. The second-order valence-electron chi connectivity index (χ2n) is 8.17. The predicted octanol–water partition coefficient (Wildman–Crippen LogP) is 1.81. The van der Waals surface area contributed by atoms with Gasteiger partial charge in [-0.15, -0.1) is 29.9 Å². The largest absolute Gasteiger partial charge is 0.379 e. The number of aromatic nitrogens is 3. The highest BCUT2D eigenvalue weighted by Crippen LogP contribution is 2.38. The monoisotopic (exact) mass is 448 g/mol. The molecular formula is C19H34Cl2N6O2. The Balaban J connectivity index is 0.00000150. The average molecular weight is 449 g/mol. The molecule has 166 valence electrons. The van der Waals surface area contributed by atoms with Crippen molar-refractivity contribution in [2.75, 3.05) is 39.4 Å². The maximum Gasteiger partial charge on any atom is 0.273 e. The normalized spacial score (nSPS) is 23.6. The van der Waals surface area contributed by atoms with E-state index in [1.54, 1.807) is 0 Å². The van der Waals surface area contributed by atoms with Crippen molar-refractivity contribution in [3.63, 3.8) is 0 Å². The van der Waals surface area contributed by atoms with Crippen LogP contribution in [-0.4, -0.2) is 76.8 Å². The molecule has 1 amide bonds. The first-order valence-electron chi connectivity index (χ1n) is 10.5. The SMILES string of the molecule is CC(NC(=O)c1cn(C2CCNCC2)nn1)C1(N2CCOCC2)CCCC1.Cl.Cl. The van der Waals surface area contributed by atoms with Crippen LogP contribution < -0.4 is 10.6 Å². The lowest BCUT2D eigenvalue weighted by molar-refractivity contribution is -0.0323. The Kier molecular flexibility index (Phi) is 9.15. The van der Waals surface area contributed by atoms with E-state index in [1.165, 1.54) is 12.8 Å². The van der Waals surface area contributed by atoms with Crippen molar-refractivity contribution < 1.29 is 9.53 Å². The van der Waals surface area contributed by atoms with E-state index >= 15 is 0 Å². The molecule has 4 rings (SSSR count). The minimum atomic E-state index is -0.109. The highest BCUT2D eigenvalue weighted by atomic mass is 35.5. The summed E-state index contributed by atoms with van der Waals surface area (Å²) in [6.07, 6.45) is 8.59. The van der Waals surface area contributed by atoms with Gasteiger partial charge in [0.1, 0.15) is 0 Å². The van der Waals surface area contributed by atoms with Crippen LogP contribution in [0.1, 0.15) is 62.0 Å². The number of rotatable bonds is 5. The molecule has 0 aromatic carbocycles. The second-order valence-corrected chi connectivity index (χ2v) is 8.17.